The van der Waals surface area contributed by atoms with Crippen LogP contribution in [-0.2, 0) is 0 Å². The quantitative estimate of drug-likeness (QED) is 0.791. The number of H-pyrrole nitrogens is 1. The predicted octanol–water partition coefficient (Wildman–Crippen LogP) is 2.24. The number of aromatic nitrogens is 3. The Bertz CT molecular complexity index is 758. The predicted molar refractivity (Wildman–Crippen MR) is 76.2 cm³/mol. The monoisotopic (exact) mass is 267 g/mol. The smallest absolute Gasteiger partial charge is 0.362 e. The zero-order valence-electron chi connectivity index (χ0n) is 10.9. The van der Waals surface area contributed by atoms with E-state index in [0.29, 0.717) is 5.82 Å². The highest BCUT2D eigenvalue weighted by atomic mass is 16.5. The van der Waals surface area contributed by atoms with Crippen LogP contribution in [0.2, 0.25) is 0 Å². The van der Waals surface area contributed by atoms with Crippen molar-refractivity contribution in [3.63, 3.8) is 0 Å². The molecule has 0 aliphatic carbocycles. The average molecular weight is 267 g/mol. The second kappa shape index (κ2) is 5.05. The van der Waals surface area contributed by atoms with Crippen molar-refractivity contribution < 1.29 is 4.74 Å². The van der Waals surface area contributed by atoms with Crippen molar-refractivity contribution in [1.82, 2.24) is 14.8 Å². The van der Waals surface area contributed by atoms with E-state index in [9.17, 15) is 4.79 Å². The Morgan fingerprint density at radius 3 is 2.40 bits per heavy atom. The van der Waals surface area contributed by atoms with Gasteiger partial charge in [0.2, 0.25) is 0 Å². The van der Waals surface area contributed by atoms with Gasteiger partial charge in [0, 0.05) is 5.56 Å². The van der Waals surface area contributed by atoms with Crippen LogP contribution in [0.1, 0.15) is 0 Å². The van der Waals surface area contributed by atoms with Crippen molar-refractivity contribution in [1.29, 1.82) is 0 Å². The summed E-state index contributed by atoms with van der Waals surface area (Å²) in [7, 11) is 1.61. The van der Waals surface area contributed by atoms with E-state index in [2.05, 4.69) is 10.1 Å². The number of aromatic amines is 1. The van der Waals surface area contributed by atoms with E-state index >= 15 is 0 Å². The topological polar surface area (TPSA) is 59.9 Å². The highest BCUT2D eigenvalue weighted by Gasteiger charge is 2.10. The maximum atomic E-state index is 11.6. The Kier molecular flexibility index (Phi) is 3.09. The first-order valence-corrected chi connectivity index (χ1v) is 6.17. The van der Waals surface area contributed by atoms with Gasteiger partial charge < -0.3 is 4.74 Å². The molecule has 3 rings (SSSR count). The van der Waals surface area contributed by atoms with E-state index in [0.717, 1.165) is 17.0 Å². The Morgan fingerprint density at radius 1 is 1.05 bits per heavy atom. The second-order valence-corrected chi connectivity index (χ2v) is 4.25. The Hall–Kier alpha value is -2.82. The highest BCUT2D eigenvalue weighted by molar-refractivity contribution is 5.57. The fraction of sp³-hybridized carbons (Fsp3) is 0.0667. The van der Waals surface area contributed by atoms with Crippen molar-refractivity contribution in [2.75, 3.05) is 7.11 Å². The lowest BCUT2D eigenvalue weighted by atomic mass is 10.2. The molecule has 5 heteroatoms. The van der Waals surface area contributed by atoms with Crippen LogP contribution < -0.4 is 10.4 Å². The van der Waals surface area contributed by atoms with Gasteiger partial charge in [-0.25, -0.2) is 14.6 Å². The van der Waals surface area contributed by atoms with E-state index in [1.54, 1.807) is 11.8 Å². The number of hydrogen-bond acceptors (Lipinski definition) is 3. The number of nitrogens with one attached hydrogen (secondary N) is 1. The first kappa shape index (κ1) is 12.2. The number of ether oxygens (including phenoxy) is 1. The van der Waals surface area contributed by atoms with E-state index in [4.69, 9.17) is 4.74 Å². The molecule has 100 valence electrons. The van der Waals surface area contributed by atoms with Crippen LogP contribution in [-0.4, -0.2) is 21.9 Å². The summed E-state index contributed by atoms with van der Waals surface area (Å²) in [5.74, 6) is 1.35. The number of nitrogens with zero attached hydrogens (tertiary/aromatic N) is 2. The molecule has 1 N–H and O–H groups in total. The van der Waals surface area contributed by atoms with E-state index in [1.807, 2.05) is 54.6 Å². The van der Waals surface area contributed by atoms with Gasteiger partial charge in [0.1, 0.15) is 5.75 Å². The van der Waals surface area contributed by atoms with Gasteiger partial charge in [0.05, 0.1) is 12.8 Å². The van der Waals surface area contributed by atoms with Crippen LogP contribution in [0.4, 0.5) is 0 Å². The summed E-state index contributed by atoms with van der Waals surface area (Å²) in [6, 6.07) is 17.0. The summed E-state index contributed by atoms with van der Waals surface area (Å²) in [4.78, 5) is 15.6. The van der Waals surface area contributed by atoms with Gasteiger partial charge >= 0.3 is 5.69 Å². The minimum absolute atomic E-state index is 0.375. The summed E-state index contributed by atoms with van der Waals surface area (Å²) in [5, 5.41) is 2.71. The molecule has 0 radical (unpaired) electrons. The normalized spacial score (nSPS) is 10.4. The second-order valence-electron chi connectivity index (χ2n) is 4.25. The van der Waals surface area contributed by atoms with Gasteiger partial charge in [-0.2, -0.15) is 4.98 Å². The van der Waals surface area contributed by atoms with Crippen molar-refractivity contribution in [2.45, 2.75) is 0 Å². The number of hydrogen-bond donors (Lipinski definition) is 1. The van der Waals surface area contributed by atoms with Crippen molar-refractivity contribution in [3.05, 3.63) is 65.1 Å². The molecule has 0 saturated heterocycles. The molecule has 5 nitrogen and oxygen atoms in total. The van der Waals surface area contributed by atoms with Gasteiger partial charge in [-0.15, -0.1) is 0 Å². The van der Waals surface area contributed by atoms with Gasteiger partial charge in [-0.3, -0.25) is 0 Å². The van der Waals surface area contributed by atoms with Crippen molar-refractivity contribution in [2.24, 2.45) is 0 Å². The maximum Gasteiger partial charge on any atom is 0.362 e. The van der Waals surface area contributed by atoms with E-state index < -0.39 is 0 Å². The van der Waals surface area contributed by atoms with E-state index in [1.165, 1.54) is 0 Å². The van der Waals surface area contributed by atoms with Crippen LogP contribution in [0, 0.1) is 0 Å². The first-order valence-electron chi connectivity index (χ1n) is 6.17. The van der Waals surface area contributed by atoms with Crippen LogP contribution in [0.3, 0.4) is 0 Å². The Balaban J connectivity index is 2.12. The molecular formula is C15H13N3O2. The summed E-state index contributed by atoms with van der Waals surface area (Å²) < 4.78 is 6.79. The zero-order valence-corrected chi connectivity index (χ0v) is 10.9. The van der Waals surface area contributed by atoms with Crippen LogP contribution in [0.5, 0.6) is 5.75 Å². The molecule has 3 aromatic rings. The lowest BCUT2D eigenvalue weighted by Gasteiger charge is -2.07. The molecule has 0 atom stereocenters. The van der Waals surface area contributed by atoms with Crippen LogP contribution in [0.15, 0.2) is 59.4 Å². The molecule has 0 amide bonds. The van der Waals surface area contributed by atoms with Crippen molar-refractivity contribution in [3.8, 4) is 22.8 Å². The molecular weight excluding hydrogens is 254 g/mol. The number of benzene rings is 2. The van der Waals surface area contributed by atoms with Crippen LogP contribution in [0.25, 0.3) is 17.1 Å². The third-order valence-electron chi connectivity index (χ3n) is 2.99. The van der Waals surface area contributed by atoms with Gasteiger partial charge in [0.15, 0.2) is 5.82 Å². The van der Waals surface area contributed by atoms with Gasteiger partial charge in [-0.05, 0) is 24.3 Å². The fourth-order valence-electron chi connectivity index (χ4n) is 2.02. The Labute approximate surface area is 115 Å². The lowest BCUT2D eigenvalue weighted by Crippen LogP contribution is -2.05. The molecule has 0 fully saturated rings. The first-order chi connectivity index (χ1) is 9.78. The summed E-state index contributed by atoms with van der Waals surface area (Å²) in [6.07, 6.45) is 0. The molecule has 1 heterocycles. The minimum atomic E-state index is -0.375. The van der Waals surface area contributed by atoms with Crippen molar-refractivity contribution >= 4 is 0 Å². The highest BCUT2D eigenvalue weighted by Crippen LogP contribution is 2.20. The summed E-state index contributed by atoms with van der Waals surface area (Å²) >= 11 is 0. The zero-order chi connectivity index (χ0) is 13.9. The Morgan fingerprint density at radius 2 is 1.75 bits per heavy atom. The van der Waals surface area contributed by atoms with Crippen LogP contribution >= 0.6 is 0 Å². The third-order valence-corrected chi connectivity index (χ3v) is 2.99. The largest absolute Gasteiger partial charge is 0.497 e. The standard InChI is InChI=1S/C15H13N3O2/c1-20-13-9-7-12(8-10-13)18-14(16-15(19)17-18)11-5-3-2-4-6-11/h2-10H,1H3,(H,17,19). The fourth-order valence-corrected chi connectivity index (χ4v) is 2.02. The number of methoxy groups -OCH3 is 1. The summed E-state index contributed by atoms with van der Waals surface area (Å²) in [5.41, 5.74) is 1.32. The van der Waals surface area contributed by atoms with Gasteiger partial charge in [0.25, 0.3) is 0 Å². The molecule has 0 unspecified atom stereocenters. The molecule has 20 heavy (non-hydrogen) atoms. The average Bonchev–Trinajstić information content (AvgIpc) is 2.90. The summed E-state index contributed by atoms with van der Waals surface area (Å²) in [6.45, 7) is 0. The number of rotatable bonds is 3. The molecule has 0 saturated carbocycles. The molecule has 0 aliphatic heterocycles. The van der Waals surface area contributed by atoms with E-state index in [-0.39, 0.29) is 5.69 Å². The third kappa shape index (κ3) is 2.21. The molecule has 1 aromatic heterocycles. The lowest BCUT2D eigenvalue weighted by molar-refractivity contribution is 0.414. The molecule has 2 aromatic carbocycles. The minimum Gasteiger partial charge on any atom is -0.497 e. The maximum absolute atomic E-state index is 11.6. The molecule has 0 bridgehead atoms. The molecule has 0 spiro atoms. The van der Waals surface area contributed by atoms with Gasteiger partial charge in [-0.1, -0.05) is 30.3 Å². The molecule has 0 aliphatic rings. The SMILES string of the molecule is COc1ccc(-n2[nH]c(=O)nc2-c2ccccc2)cc1.